The van der Waals surface area contributed by atoms with E-state index in [1.54, 1.807) is 6.07 Å². The van der Waals surface area contributed by atoms with Crippen LogP contribution in [0, 0.1) is 23.1 Å². The van der Waals surface area contributed by atoms with Crippen LogP contribution in [0.1, 0.15) is 43.2 Å². The summed E-state index contributed by atoms with van der Waals surface area (Å²) in [5.74, 6) is 0.0231. The number of piperazine rings is 1. The molecule has 2 saturated carbocycles. The number of nitrogens with zero attached hydrogens (tertiary/aromatic N) is 4. The molecular formula is C29H35ClFN5O. The molecule has 2 aromatic rings. The van der Waals surface area contributed by atoms with Crippen molar-refractivity contribution in [1.82, 2.24) is 14.7 Å². The summed E-state index contributed by atoms with van der Waals surface area (Å²) in [6.07, 6.45) is 4.94. The molecule has 3 aliphatic rings. The van der Waals surface area contributed by atoms with Crippen molar-refractivity contribution >= 4 is 23.3 Å². The van der Waals surface area contributed by atoms with Crippen LogP contribution in [0.5, 0.6) is 0 Å². The summed E-state index contributed by atoms with van der Waals surface area (Å²) < 4.78 is 13.6. The van der Waals surface area contributed by atoms with Gasteiger partial charge in [0.05, 0.1) is 16.7 Å². The normalized spacial score (nSPS) is 25.7. The number of carbonyl (C=O) groups excluding carboxylic acids is 1. The molecule has 8 heteroatoms. The first kappa shape index (κ1) is 26.0. The Labute approximate surface area is 224 Å². The van der Waals surface area contributed by atoms with Gasteiger partial charge in [-0.25, -0.2) is 9.18 Å². The fourth-order valence-corrected chi connectivity index (χ4v) is 6.48. The van der Waals surface area contributed by atoms with Gasteiger partial charge in [-0.05, 0) is 92.9 Å². The molecule has 1 N–H and O–H groups in total. The number of amides is 2. The van der Waals surface area contributed by atoms with Gasteiger partial charge in [0, 0.05) is 44.5 Å². The molecule has 5 rings (SSSR count). The lowest BCUT2D eigenvalue weighted by Crippen LogP contribution is -2.48. The largest absolute Gasteiger partial charge is 0.322 e. The lowest BCUT2D eigenvalue weighted by atomic mass is 9.80. The molecule has 6 nitrogen and oxygen atoms in total. The monoisotopic (exact) mass is 523 g/mol. The van der Waals surface area contributed by atoms with Crippen LogP contribution >= 0.6 is 11.6 Å². The van der Waals surface area contributed by atoms with Gasteiger partial charge in [-0.15, -0.1) is 0 Å². The lowest BCUT2D eigenvalue weighted by molar-refractivity contribution is 0.134. The Bertz CT molecular complexity index is 1180. The number of urea groups is 1. The fraction of sp³-hybridized carbons (Fsp3) is 0.517. The molecule has 2 amide bonds. The predicted molar refractivity (Wildman–Crippen MR) is 144 cm³/mol. The second kappa shape index (κ2) is 11.0. The fourth-order valence-electron chi connectivity index (χ4n) is 6.30. The van der Waals surface area contributed by atoms with Crippen molar-refractivity contribution in [2.45, 2.75) is 43.6 Å². The smallest absolute Gasteiger partial charge is 0.321 e. The highest BCUT2D eigenvalue weighted by atomic mass is 35.5. The van der Waals surface area contributed by atoms with Crippen LogP contribution in [0.25, 0.3) is 0 Å². The highest BCUT2D eigenvalue weighted by molar-refractivity contribution is 6.31. The van der Waals surface area contributed by atoms with Crippen LogP contribution in [0.4, 0.5) is 14.9 Å². The number of hydrogen-bond acceptors (Lipinski definition) is 4. The van der Waals surface area contributed by atoms with Gasteiger partial charge in [0.2, 0.25) is 0 Å². The number of nitriles is 1. The van der Waals surface area contributed by atoms with Crippen LogP contribution in [-0.4, -0.2) is 73.1 Å². The van der Waals surface area contributed by atoms with E-state index in [1.807, 2.05) is 23.1 Å². The van der Waals surface area contributed by atoms with Crippen LogP contribution in [0.2, 0.25) is 5.02 Å². The third kappa shape index (κ3) is 5.77. The maximum atomic E-state index is 13.6. The Hall–Kier alpha value is -2.66. The van der Waals surface area contributed by atoms with Gasteiger partial charge < -0.3 is 20.0 Å². The van der Waals surface area contributed by atoms with E-state index in [9.17, 15) is 14.4 Å². The number of rotatable bonds is 7. The van der Waals surface area contributed by atoms with Gasteiger partial charge >= 0.3 is 6.03 Å². The highest BCUT2D eigenvalue weighted by Gasteiger charge is 2.58. The predicted octanol–water partition coefficient (Wildman–Crippen LogP) is 5.33. The van der Waals surface area contributed by atoms with Crippen molar-refractivity contribution in [3.8, 4) is 6.07 Å². The number of nitrogens with one attached hydrogen (secondary N) is 1. The van der Waals surface area contributed by atoms with E-state index in [2.05, 4.69) is 34.3 Å². The van der Waals surface area contributed by atoms with E-state index in [1.165, 1.54) is 17.7 Å². The molecule has 2 aliphatic carbocycles. The van der Waals surface area contributed by atoms with Crippen molar-refractivity contribution < 1.29 is 9.18 Å². The summed E-state index contributed by atoms with van der Waals surface area (Å²) in [5, 5.41) is 12.3. The molecule has 1 saturated heterocycles. The number of halogens is 2. The first-order valence-corrected chi connectivity index (χ1v) is 13.7. The zero-order valence-corrected chi connectivity index (χ0v) is 22.2. The number of carbonyl (C=O) groups is 1. The van der Waals surface area contributed by atoms with E-state index in [4.69, 9.17) is 11.6 Å². The Morgan fingerprint density at radius 3 is 2.78 bits per heavy atom. The molecule has 0 radical (unpaired) electrons. The summed E-state index contributed by atoms with van der Waals surface area (Å²) in [7, 11) is 2.16. The van der Waals surface area contributed by atoms with Crippen LogP contribution in [-0.2, 0) is 5.41 Å². The van der Waals surface area contributed by atoms with E-state index in [0.717, 1.165) is 64.8 Å². The Morgan fingerprint density at radius 2 is 2.05 bits per heavy atom. The highest BCUT2D eigenvalue weighted by Crippen LogP contribution is 2.62. The number of hydrogen-bond donors (Lipinski definition) is 1. The Balaban J connectivity index is 1.26. The molecule has 37 heavy (non-hydrogen) atoms. The first-order valence-electron chi connectivity index (χ1n) is 13.3. The minimum Gasteiger partial charge on any atom is -0.321 e. The molecule has 3 fully saturated rings. The van der Waals surface area contributed by atoms with Crippen LogP contribution < -0.4 is 5.32 Å². The maximum Gasteiger partial charge on any atom is 0.322 e. The summed E-state index contributed by atoms with van der Waals surface area (Å²) in [4.78, 5) is 20.3. The van der Waals surface area contributed by atoms with Gasteiger partial charge in [0.25, 0.3) is 0 Å². The maximum absolute atomic E-state index is 13.6. The SMILES string of the molecule is CN1CCN(CCCN(C(=O)Nc2ccc(F)c(Cl)c2)[C@H]2CC[C@@]3(c4cccc(C#N)c4)C[C@H]3C2)CC1. The molecule has 1 aliphatic heterocycles. The molecule has 0 bridgehead atoms. The molecule has 0 aromatic heterocycles. The minimum atomic E-state index is -0.499. The van der Waals surface area contributed by atoms with Gasteiger partial charge in [0.1, 0.15) is 5.82 Å². The molecule has 1 heterocycles. The van der Waals surface area contributed by atoms with E-state index in [-0.39, 0.29) is 22.5 Å². The average Bonchev–Trinajstić information content (AvgIpc) is 3.65. The summed E-state index contributed by atoms with van der Waals surface area (Å²) >= 11 is 5.96. The first-order chi connectivity index (χ1) is 17.9. The van der Waals surface area contributed by atoms with Gasteiger partial charge in [-0.2, -0.15) is 5.26 Å². The number of fused-ring (bicyclic) bond motifs is 1. The Morgan fingerprint density at radius 1 is 1.24 bits per heavy atom. The van der Waals surface area contributed by atoms with Gasteiger partial charge in [-0.3, -0.25) is 0 Å². The summed E-state index contributed by atoms with van der Waals surface area (Å²) in [5.41, 5.74) is 2.63. The summed E-state index contributed by atoms with van der Waals surface area (Å²) in [6, 6.07) is 14.6. The zero-order valence-electron chi connectivity index (χ0n) is 21.4. The molecule has 196 valence electrons. The van der Waals surface area contributed by atoms with E-state index < -0.39 is 5.82 Å². The van der Waals surface area contributed by atoms with Crippen molar-refractivity contribution in [2.24, 2.45) is 5.92 Å². The Kier molecular flexibility index (Phi) is 7.71. The van der Waals surface area contributed by atoms with Crippen molar-refractivity contribution in [3.63, 3.8) is 0 Å². The number of anilines is 1. The molecule has 2 aromatic carbocycles. The van der Waals surface area contributed by atoms with Crippen molar-refractivity contribution in [2.75, 3.05) is 51.6 Å². The topological polar surface area (TPSA) is 62.6 Å². The van der Waals surface area contributed by atoms with Crippen LogP contribution in [0.15, 0.2) is 42.5 Å². The van der Waals surface area contributed by atoms with Gasteiger partial charge in [0.15, 0.2) is 0 Å². The summed E-state index contributed by atoms with van der Waals surface area (Å²) in [6.45, 7) is 5.94. The van der Waals surface area contributed by atoms with E-state index in [0.29, 0.717) is 23.7 Å². The molecule has 0 unspecified atom stereocenters. The van der Waals surface area contributed by atoms with Crippen LogP contribution in [0.3, 0.4) is 0 Å². The average molecular weight is 524 g/mol. The third-order valence-corrected chi connectivity index (χ3v) is 8.91. The molecule has 0 spiro atoms. The molecule has 3 atom stereocenters. The lowest BCUT2D eigenvalue weighted by Gasteiger charge is -2.38. The number of likely N-dealkylation sites (N-methyl/N-ethyl adjacent to an activating group) is 1. The number of benzene rings is 2. The zero-order chi connectivity index (χ0) is 26.0. The minimum absolute atomic E-state index is 0.000513. The van der Waals surface area contributed by atoms with Gasteiger partial charge in [-0.1, -0.05) is 23.7 Å². The second-order valence-corrected chi connectivity index (χ2v) is 11.3. The van der Waals surface area contributed by atoms with Crippen molar-refractivity contribution in [3.05, 3.63) is 64.4 Å². The van der Waals surface area contributed by atoms with E-state index >= 15 is 0 Å². The van der Waals surface area contributed by atoms with Crippen molar-refractivity contribution in [1.29, 1.82) is 5.26 Å². The quantitative estimate of drug-likeness (QED) is 0.532. The molecular weight excluding hydrogens is 489 g/mol. The third-order valence-electron chi connectivity index (χ3n) is 8.62. The second-order valence-electron chi connectivity index (χ2n) is 10.9. The standard InChI is InChI=1S/C29H35ClFN5O/c1-34-12-14-35(15-13-34)10-3-11-36(28(37)33-24-6-7-27(31)26(30)18-24)25-8-9-29(19-23(29)17-25)22-5-2-4-21(16-22)20-32/h2,4-7,16,18,23,25H,3,8-15,17,19H2,1H3,(H,33,37)/t23-,25+,29+/m1/s1.